The van der Waals surface area contributed by atoms with Gasteiger partial charge in [0.1, 0.15) is 17.8 Å². The third-order valence-electron chi connectivity index (χ3n) is 5.34. The molecule has 0 aromatic carbocycles. The lowest BCUT2D eigenvalue weighted by Crippen LogP contribution is -2.48. The number of amides is 1. The molecule has 2 aliphatic heterocycles. The van der Waals surface area contributed by atoms with Gasteiger partial charge in [-0.15, -0.1) is 0 Å². The van der Waals surface area contributed by atoms with Crippen LogP contribution in [0.25, 0.3) is 0 Å². The minimum Gasteiger partial charge on any atom is -0.357 e. The summed E-state index contributed by atoms with van der Waals surface area (Å²) in [5.41, 5.74) is 1.71. The molecule has 0 spiro atoms. The third kappa shape index (κ3) is 4.42. The first-order chi connectivity index (χ1) is 13.3. The van der Waals surface area contributed by atoms with E-state index in [-0.39, 0.29) is 5.91 Å². The third-order valence-corrected chi connectivity index (χ3v) is 5.34. The van der Waals surface area contributed by atoms with Crippen molar-refractivity contribution in [2.45, 2.75) is 25.8 Å². The number of piperazine rings is 1. The first kappa shape index (κ1) is 17.9. The van der Waals surface area contributed by atoms with Gasteiger partial charge < -0.3 is 9.80 Å². The molecule has 1 amide bonds. The fourth-order valence-electron chi connectivity index (χ4n) is 3.78. The van der Waals surface area contributed by atoms with Crippen LogP contribution in [0.15, 0.2) is 36.9 Å². The molecule has 4 heterocycles. The smallest absolute Gasteiger partial charge is 0.272 e. The molecule has 27 heavy (non-hydrogen) atoms. The fraction of sp³-hybridized carbons (Fsp3) is 0.500. The van der Waals surface area contributed by atoms with Crippen molar-refractivity contribution < 1.29 is 4.79 Å². The van der Waals surface area contributed by atoms with Gasteiger partial charge in [0, 0.05) is 64.3 Å². The summed E-state index contributed by atoms with van der Waals surface area (Å²) < 4.78 is 0. The van der Waals surface area contributed by atoms with E-state index in [2.05, 4.69) is 30.8 Å². The van der Waals surface area contributed by atoms with E-state index in [1.165, 1.54) is 31.2 Å². The molecular weight excluding hydrogens is 340 g/mol. The number of anilines is 1. The molecule has 0 radical (unpaired) electrons. The van der Waals surface area contributed by atoms with Gasteiger partial charge in [-0.25, -0.2) is 9.97 Å². The highest BCUT2D eigenvalue weighted by Gasteiger charge is 2.24. The van der Waals surface area contributed by atoms with E-state index in [1.54, 1.807) is 6.20 Å². The number of rotatable bonds is 4. The monoisotopic (exact) mass is 366 g/mol. The van der Waals surface area contributed by atoms with Crippen LogP contribution in [-0.2, 0) is 6.54 Å². The highest BCUT2D eigenvalue weighted by atomic mass is 16.2. The first-order valence-electron chi connectivity index (χ1n) is 9.77. The van der Waals surface area contributed by atoms with Crippen LogP contribution in [0.4, 0.5) is 5.82 Å². The number of nitrogens with zero attached hydrogens (tertiary/aromatic N) is 6. The second kappa shape index (κ2) is 8.43. The Kier molecular flexibility index (Phi) is 5.58. The SMILES string of the molecule is O=C(c1cc(N2CCCCC2)ncn1)N1CCN(Cc2cccnc2)CC1. The molecule has 2 fully saturated rings. The molecule has 2 aromatic heterocycles. The summed E-state index contributed by atoms with van der Waals surface area (Å²) in [5, 5.41) is 0. The average Bonchev–Trinajstić information content (AvgIpc) is 2.75. The maximum absolute atomic E-state index is 12.9. The molecule has 0 aliphatic carbocycles. The molecule has 0 N–H and O–H groups in total. The van der Waals surface area contributed by atoms with Gasteiger partial charge in [-0.2, -0.15) is 0 Å². The van der Waals surface area contributed by atoms with Gasteiger partial charge >= 0.3 is 0 Å². The predicted octanol–water partition coefficient (Wildman–Crippen LogP) is 1.82. The lowest BCUT2D eigenvalue weighted by atomic mass is 10.1. The van der Waals surface area contributed by atoms with Crippen LogP contribution in [0.3, 0.4) is 0 Å². The van der Waals surface area contributed by atoms with Gasteiger partial charge in [0.05, 0.1) is 0 Å². The summed E-state index contributed by atoms with van der Waals surface area (Å²) in [6.45, 7) is 6.08. The van der Waals surface area contributed by atoms with Crippen molar-refractivity contribution in [1.82, 2.24) is 24.8 Å². The summed E-state index contributed by atoms with van der Waals surface area (Å²) in [6, 6.07) is 5.91. The van der Waals surface area contributed by atoms with E-state index in [0.717, 1.165) is 51.6 Å². The van der Waals surface area contributed by atoms with Crippen molar-refractivity contribution in [3.63, 3.8) is 0 Å². The number of carbonyl (C=O) groups is 1. The summed E-state index contributed by atoms with van der Waals surface area (Å²) in [6.07, 6.45) is 8.87. The zero-order valence-corrected chi connectivity index (χ0v) is 15.6. The molecule has 0 bridgehead atoms. The summed E-state index contributed by atoms with van der Waals surface area (Å²) in [4.78, 5) is 32.2. The summed E-state index contributed by atoms with van der Waals surface area (Å²) in [7, 11) is 0. The Labute approximate surface area is 160 Å². The summed E-state index contributed by atoms with van der Waals surface area (Å²) in [5.74, 6) is 0.889. The van der Waals surface area contributed by atoms with Crippen LogP contribution in [0, 0.1) is 0 Å². The van der Waals surface area contributed by atoms with Crippen LogP contribution < -0.4 is 4.90 Å². The van der Waals surface area contributed by atoms with Gasteiger partial charge in [-0.3, -0.25) is 14.7 Å². The van der Waals surface area contributed by atoms with Gasteiger partial charge in [0.2, 0.25) is 0 Å². The lowest BCUT2D eigenvalue weighted by molar-refractivity contribution is 0.0622. The van der Waals surface area contributed by atoms with Crippen molar-refractivity contribution in [1.29, 1.82) is 0 Å². The normalized spacial score (nSPS) is 18.5. The molecule has 2 aliphatic rings. The Bertz CT molecular complexity index is 754. The van der Waals surface area contributed by atoms with E-state index in [1.807, 2.05) is 23.2 Å². The number of hydrogen-bond donors (Lipinski definition) is 0. The molecule has 4 rings (SSSR count). The van der Waals surface area contributed by atoms with Gasteiger partial charge in [-0.05, 0) is 30.9 Å². The predicted molar refractivity (Wildman–Crippen MR) is 104 cm³/mol. The van der Waals surface area contributed by atoms with Gasteiger partial charge in [0.25, 0.3) is 5.91 Å². The van der Waals surface area contributed by atoms with E-state index in [9.17, 15) is 4.79 Å². The number of pyridine rings is 1. The summed E-state index contributed by atoms with van der Waals surface area (Å²) >= 11 is 0. The molecule has 0 unspecified atom stereocenters. The maximum Gasteiger partial charge on any atom is 0.272 e. The lowest BCUT2D eigenvalue weighted by Gasteiger charge is -2.34. The largest absolute Gasteiger partial charge is 0.357 e. The molecular formula is C20H26N6O. The Morgan fingerprint density at radius 3 is 2.56 bits per heavy atom. The highest BCUT2D eigenvalue weighted by Crippen LogP contribution is 2.18. The zero-order chi connectivity index (χ0) is 18.5. The molecule has 0 atom stereocenters. The number of hydrogen-bond acceptors (Lipinski definition) is 6. The van der Waals surface area contributed by atoms with Crippen molar-refractivity contribution in [2.24, 2.45) is 0 Å². The molecule has 2 saturated heterocycles. The second-order valence-corrected chi connectivity index (χ2v) is 7.24. The Hall–Kier alpha value is -2.54. The van der Waals surface area contributed by atoms with Crippen molar-refractivity contribution in [2.75, 3.05) is 44.2 Å². The topological polar surface area (TPSA) is 65.5 Å². The molecule has 142 valence electrons. The number of piperidine rings is 1. The quantitative estimate of drug-likeness (QED) is 0.822. The number of carbonyl (C=O) groups excluding carboxylic acids is 1. The minimum absolute atomic E-state index is 0.0108. The Morgan fingerprint density at radius 1 is 1.00 bits per heavy atom. The van der Waals surface area contributed by atoms with Gasteiger partial charge in [-0.1, -0.05) is 6.07 Å². The zero-order valence-electron chi connectivity index (χ0n) is 15.6. The van der Waals surface area contributed by atoms with Crippen LogP contribution in [-0.4, -0.2) is 69.9 Å². The first-order valence-corrected chi connectivity index (χ1v) is 9.77. The molecule has 2 aromatic rings. The molecule has 0 saturated carbocycles. The van der Waals surface area contributed by atoms with E-state index in [4.69, 9.17) is 0 Å². The van der Waals surface area contributed by atoms with Crippen LogP contribution in [0.2, 0.25) is 0 Å². The minimum atomic E-state index is 0.0108. The number of aromatic nitrogens is 3. The average molecular weight is 366 g/mol. The van der Waals surface area contributed by atoms with E-state index in [0.29, 0.717) is 5.69 Å². The maximum atomic E-state index is 12.9. The van der Waals surface area contributed by atoms with Crippen molar-refractivity contribution >= 4 is 11.7 Å². The molecule has 7 nitrogen and oxygen atoms in total. The Balaban J connectivity index is 1.35. The van der Waals surface area contributed by atoms with E-state index >= 15 is 0 Å². The van der Waals surface area contributed by atoms with Crippen molar-refractivity contribution in [3.05, 3.63) is 48.2 Å². The standard InChI is InChI=1S/C20H26N6O/c27-20(18-13-19(23-16-22-18)25-7-2-1-3-8-25)26-11-9-24(10-12-26)15-17-5-4-6-21-14-17/h4-6,13-14,16H,1-3,7-12,15H2. The van der Waals surface area contributed by atoms with Crippen LogP contribution in [0.1, 0.15) is 35.3 Å². The molecule has 7 heteroatoms. The van der Waals surface area contributed by atoms with Crippen molar-refractivity contribution in [3.8, 4) is 0 Å². The second-order valence-electron chi connectivity index (χ2n) is 7.24. The Morgan fingerprint density at radius 2 is 1.81 bits per heavy atom. The van der Waals surface area contributed by atoms with Crippen LogP contribution >= 0.6 is 0 Å². The highest BCUT2D eigenvalue weighted by molar-refractivity contribution is 5.93. The van der Waals surface area contributed by atoms with E-state index < -0.39 is 0 Å². The van der Waals surface area contributed by atoms with Gasteiger partial charge in [0.15, 0.2) is 0 Å². The van der Waals surface area contributed by atoms with Crippen LogP contribution in [0.5, 0.6) is 0 Å². The fourth-order valence-corrected chi connectivity index (χ4v) is 3.78.